The van der Waals surface area contributed by atoms with E-state index in [1.54, 1.807) is 13.4 Å². The van der Waals surface area contributed by atoms with Crippen LogP contribution in [0.2, 0.25) is 36.3 Å². The minimum absolute atomic E-state index is 0.0704. The molecule has 0 bridgehead atoms. The largest absolute Gasteiger partial charge is 0.408 e. The van der Waals surface area contributed by atoms with Crippen molar-refractivity contribution in [1.29, 1.82) is 0 Å². The molecule has 15 heteroatoms. The molecule has 4 atom stereocenters. The highest BCUT2D eigenvalue weighted by molar-refractivity contribution is 6.74. The first-order valence-corrected chi connectivity index (χ1v) is 22.4. The van der Waals surface area contributed by atoms with Gasteiger partial charge < -0.3 is 29.5 Å². The van der Waals surface area contributed by atoms with E-state index in [-0.39, 0.29) is 34.7 Å². The van der Waals surface area contributed by atoms with Crippen molar-refractivity contribution in [2.75, 3.05) is 18.9 Å². The summed E-state index contributed by atoms with van der Waals surface area (Å²) in [5.74, 6) is 0.323. The monoisotopic (exact) mass is 676 g/mol. The van der Waals surface area contributed by atoms with E-state index < -0.39 is 41.2 Å². The van der Waals surface area contributed by atoms with Crippen molar-refractivity contribution in [3.05, 3.63) is 12.7 Å². The lowest BCUT2D eigenvalue weighted by Gasteiger charge is -2.44. The Bertz CT molecular complexity index is 1370. The van der Waals surface area contributed by atoms with E-state index in [1.165, 1.54) is 12.7 Å². The summed E-state index contributed by atoms with van der Waals surface area (Å²) in [5.41, 5.74) is 0.951. The molecule has 3 heterocycles. The van der Waals surface area contributed by atoms with Crippen LogP contribution < -0.4 is 21.3 Å². The third-order valence-electron chi connectivity index (χ3n) is 10.3. The van der Waals surface area contributed by atoms with Crippen LogP contribution >= 0.6 is 0 Å². The molecule has 0 spiro atoms. The number of imidazole rings is 1. The van der Waals surface area contributed by atoms with Crippen molar-refractivity contribution >= 4 is 45.7 Å². The highest BCUT2D eigenvalue weighted by Crippen LogP contribution is 2.46. The van der Waals surface area contributed by atoms with Gasteiger partial charge >= 0.3 is 12.1 Å². The summed E-state index contributed by atoms with van der Waals surface area (Å²) in [6.07, 6.45) is 6.30. The van der Waals surface area contributed by atoms with Crippen LogP contribution in [0.1, 0.15) is 79.9 Å². The van der Waals surface area contributed by atoms with Gasteiger partial charge in [0.2, 0.25) is 0 Å². The topological polar surface area (TPSA) is 154 Å². The Labute approximate surface area is 276 Å². The Balaban J connectivity index is 1.73. The second-order valence-electron chi connectivity index (χ2n) is 15.7. The fraction of sp³-hybridized carbons (Fsp3) is 0.774. The summed E-state index contributed by atoms with van der Waals surface area (Å²) < 4.78 is 22.9. The standard InChI is InChI=1S/C31H56N8O5Si2/c1-30(2,3)45(8,9)43-23-21(17-33-28(40)32-7)42-27(24(23)44-46(10,11)31(4,5)6)39-19-36-22-25(34-18-35-26(22)39)38-29(41)37-20-15-13-12-14-16-20/h18-21,23-24,27H,12-17H2,1-11H3,(H2,32,33,40)(H2,34,35,37,38,41)/t21-,23-,24-,27-/m1/s1. The maximum Gasteiger partial charge on any atom is 0.320 e. The summed E-state index contributed by atoms with van der Waals surface area (Å²) in [7, 11) is -3.12. The number of anilines is 1. The van der Waals surface area contributed by atoms with Gasteiger partial charge in [-0.1, -0.05) is 60.8 Å². The molecule has 2 aromatic rings. The Morgan fingerprint density at radius 1 is 0.913 bits per heavy atom. The minimum Gasteiger partial charge on any atom is -0.408 e. The van der Waals surface area contributed by atoms with Crippen molar-refractivity contribution in [2.24, 2.45) is 0 Å². The number of hydrogen-bond acceptors (Lipinski definition) is 8. The molecule has 4 N–H and O–H groups in total. The lowest BCUT2D eigenvalue weighted by atomic mass is 9.96. The van der Waals surface area contributed by atoms with Gasteiger partial charge in [-0.2, -0.15) is 0 Å². The lowest BCUT2D eigenvalue weighted by Crippen LogP contribution is -2.54. The first kappa shape index (κ1) is 36.2. The van der Waals surface area contributed by atoms with Gasteiger partial charge in [0.05, 0.1) is 6.33 Å². The number of urea groups is 2. The average Bonchev–Trinajstić information content (AvgIpc) is 3.52. The van der Waals surface area contributed by atoms with Crippen LogP contribution in [0.15, 0.2) is 12.7 Å². The molecular formula is C31H56N8O5Si2. The van der Waals surface area contributed by atoms with Gasteiger partial charge in [-0.3, -0.25) is 9.88 Å². The van der Waals surface area contributed by atoms with Gasteiger partial charge in [0.15, 0.2) is 39.8 Å². The zero-order valence-electron chi connectivity index (χ0n) is 29.6. The minimum atomic E-state index is -2.37. The fourth-order valence-corrected chi connectivity index (χ4v) is 7.99. The summed E-state index contributed by atoms with van der Waals surface area (Å²) in [6, 6.07) is -0.453. The Hall–Kier alpha value is -2.60. The summed E-state index contributed by atoms with van der Waals surface area (Å²) >= 11 is 0. The van der Waals surface area contributed by atoms with Gasteiger partial charge in [0.1, 0.15) is 24.6 Å². The Morgan fingerprint density at radius 3 is 2.11 bits per heavy atom. The van der Waals surface area contributed by atoms with Crippen LogP contribution in [0.5, 0.6) is 0 Å². The Kier molecular flexibility index (Phi) is 10.9. The average molecular weight is 677 g/mol. The number of rotatable bonds is 9. The molecule has 258 valence electrons. The summed E-state index contributed by atoms with van der Waals surface area (Å²) in [6.45, 7) is 22.3. The summed E-state index contributed by atoms with van der Waals surface area (Å²) in [4.78, 5) is 38.8. The highest BCUT2D eigenvalue weighted by atomic mass is 28.4. The van der Waals surface area contributed by atoms with Crippen molar-refractivity contribution in [3.63, 3.8) is 0 Å². The normalized spacial score (nSPS) is 23.4. The molecule has 2 fully saturated rings. The van der Waals surface area contributed by atoms with Crippen LogP contribution in [-0.4, -0.2) is 86.2 Å². The molecule has 1 aliphatic carbocycles. The molecule has 1 saturated heterocycles. The molecular weight excluding hydrogens is 621 g/mol. The number of ether oxygens (including phenoxy) is 1. The van der Waals surface area contributed by atoms with E-state index in [1.807, 2.05) is 4.57 Å². The number of carbonyl (C=O) groups excluding carboxylic acids is 2. The lowest BCUT2D eigenvalue weighted by molar-refractivity contribution is -0.0301. The predicted molar refractivity (Wildman–Crippen MR) is 185 cm³/mol. The van der Waals surface area contributed by atoms with Crippen LogP contribution in [0.25, 0.3) is 11.2 Å². The van der Waals surface area contributed by atoms with Gasteiger partial charge in [-0.15, -0.1) is 0 Å². The van der Waals surface area contributed by atoms with Crippen LogP contribution in [-0.2, 0) is 13.6 Å². The Morgan fingerprint density at radius 2 is 1.52 bits per heavy atom. The maximum atomic E-state index is 12.9. The van der Waals surface area contributed by atoms with Crippen LogP contribution in [0, 0.1) is 0 Å². The van der Waals surface area contributed by atoms with E-state index in [2.05, 4.69) is 104 Å². The smallest absolute Gasteiger partial charge is 0.320 e. The van der Waals surface area contributed by atoms with Crippen LogP contribution in [0.4, 0.5) is 15.4 Å². The van der Waals surface area contributed by atoms with E-state index in [9.17, 15) is 9.59 Å². The van der Waals surface area contributed by atoms with Crippen molar-refractivity contribution in [3.8, 4) is 0 Å². The zero-order chi connectivity index (χ0) is 34.1. The molecule has 0 unspecified atom stereocenters. The number of nitrogens with zero attached hydrogens (tertiary/aromatic N) is 4. The van der Waals surface area contributed by atoms with Crippen molar-refractivity contribution in [1.82, 2.24) is 35.5 Å². The number of carbonyl (C=O) groups is 2. The molecule has 4 rings (SSSR count). The second kappa shape index (κ2) is 13.9. The second-order valence-corrected chi connectivity index (χ2v) is 25.2. The highest BCUT2D eigenvalue weighted by Gasteiger charge is 2.54. The van der Waals surface area contributed by atoms with E-state index >= 15 is 0 Å². The maximum absolute atomic E-state index is 12.9. The first-order chi connectivity index (χ1) is 21.3. The molecule has 2 aliphatic rings. The number of fused-ring (bicyclic) bond motifs is 1. The van der Waals surface area contributed by atoms with Gasteiger partial charge in [0, 0.05) is 19.6 Å². The molecule has 4 amide bonds. The van der Waals surface area contributed by atoms with Crippen molar-refractivity contribution < 1.29 is 23.2 Å². The quantitative estimate of drug-likeness (QED) is 0.240. The molecule has 46 heavy (non-hydrogen) atoms. The van der Waals surface area contributed by atoms with Gasteiger partial charge in [-0.25, -0.2) is 24.5 Å². The molecule has 1 saturated carbocycles. The molecule has 1 aliphatic heterocycles. The fourth-order valence-electron chi connectivity index (χ4n) is 5.39. The third kappa shape index (κ3) is 8.09. The van der Waals surface area contributed by atoms with Gasteiger partial charge in [0.25, 0.3) is 0 Å². The molecule has 2 aromatic heterocycles. The SMILES string of the molecule is CNC(=O)NC[C@H]1O[C@@H](n2cnc3c(NC(=O)NC4CCCCC4)ncnc32)[C@H](O[Si](C)(C)C(C)(C)C)[C@@H]1O[Si](C)(C)C(C)(C)C. The first-order valence-electron chi connectivity index (χ1n) is 16.6. The predicted octanol–water partition coefficient (Wildman–Crippen LogP) is 5.89. The number of amides is 4. The molecule has 13 nitrogen and oxygen atoms in total. The van der Waals surface area contributed by atoms with E-state index in [0.29, 0.717) is 17.0 Å². The third-order valence-corrected chi connectivity index (χ3v) is 19.2. The zero-order valence-corrected chi connectivity index (χ0v) is 31.6. The molecule has 0 aromatic carbocycles. The van der Waals surface area contributed by atoms with E-state index in [0.717, 1.165) is 25.7 Å². The number of aromatic nitrogens is 4. The molecule has 0 radical (unpaired) electrons. The van der Waals surface area contributed by atoms with Crippen molar-refractivity contribution in [2.45, 2.75) is 140 Å². The van der Waals surface area contributed by atoms with E-state index in [4.69, 9.17) is 13.6 Å². The number of nitrogens with one attached hydrogen (secondary N) is 4. The number of hydrogen-bond donors (Lipinski definition) is 4. The van der Waals surface area contributed by atoms with Crippen LogP contribution in [0.3, 0.4) is 0 Å². The van der Waals surface area contributed by atoms with Gasteiger partial charge in [-0.05, 0) is 49.1 Å². The summed E-state index contributed by atoms with van der Waals surface area (Å²) in [5, 5.41) is 11.4.